The molecule has 0 atom stereocenters. The minimum absolute atomic E-state index is 0.0984. The van der Waals surface area contributed by atoms with Crippen LogP contribution in [0.15, 0.2) is 84.9 Å². The lowest BCUT2D eigenvalue weighted by Gasteiger charge is -2.35. The first kappa shape index (κ1) is 21.1. The predicted octanol–water partition coefficient (Wildman–Crippen LogP) is 3.43. The molecule has 32 heavy (non-hydrogen) atoms. The summed E-state index contributed by atoms with van der Waals surface area (Å²) in [6, 6.07) is 25.6. The van der Waals surface area contributed by atoms with Gasteiger partial charge < -0.3 is 10.6 Å². The molecule has 0 aromatic heterocycles. The van der Waals surface area contributed by atoms with Crippen LogP contribution in [0.2, 0.25) is 0 Å². The van der Waals surface area contributed by atoms with Gasteiger partial charge in [-0.25, -0.2) is 4.79 Å². The Morgan fingerprint density at radius 1 is 0.812 bits per heavy atom. The van der Waals surface area contributed by atoms with Gasteiger partial charge in [-0.1, -0.05) is 60.7 Å². The van der Waals surface area contributed by atoms with E-state index in [1.807, 2.05) is 48.5 Å². The third kappa shape index (κ3) is 4.95. The average Bonchev–Trinajstić information content (AvgIpc) is 2.82. The summed E-state index contributed by atoms with van der Waals surface area (Å²) in [6.45, 7) is 0.240. The number of carbonyl (C=O) groups excluding carboxylic acids is 3. The van der Waals surface area contributed by atoms with E-state index < -0.39 is 6.03 Å². The third-order valence-corrected chi connectivity index (χ3v) is 5.21. The first-order valence-corrected chi connectivity index (χ1v) is 10.5. The van der Waals surface area contributed by atoms with Gasteiger partial charge in [0.15, 0.2) is 0 Å². The molecule has 0 saturated heterocycles. The Hall–Kier alpha value is -4.13. The van der Waals surface area contributed by atoms with Crippen LogP contribution in [0.3, 0.4) is 0 Å². The number of carbonyl (C=O) groups is 3. The molecular formula is C25H24N4O3. The number of benzene rings is 3. The number of rotatable bonds is 6. The summed E-state index contributed by atoms with van der Waals surface area (Å²) in [5.74, 6) is -0.559. The van der Waals surface area contributed by atoms with Gasteiger partial charge in [0.25, 0.3) is 0 Å². The van der Waals surface area contributed by atoms with Crippen molar-refractivity contribution in [3.63, 3.8) is 0 Å². The summed E-state index contributed by atoms with van der Waals surface area (Å²) < 4.78 is 0. The van der Waals surface area contributed by atoms with Crippen molar-refractivity contribution < 1.29 is 14.4 Å². The molecule has 162 valence electrons. The maximum absolute atomic E-state index is 12.9. The second kappa shape index (κ2) is 9.78. The van der Waals surface area contributed by atoms with Gasteiger partial charge in [0, 0.05) is 12.2 Å². The van der Waals surface area contributed by atoms with Gasteiger partial charge in [-0.3, -0.25) is 19.4 Å². The molecule has 0 spiro atoms. The van der Waals surface area contributed by atoms with E-state index in [-0.39, 0.29) is 24.9 Å². The first-order valence-electron chi connectivity index (χ1n) is 10.5. The van der Waals surface area contributed by atoms with Crippen LogP contribution < -0.4 is 20.4 Å². The largest absolute Gasteiger partial charge is 0.354 e. The highest BCUT2D eigenvalue weighted by Crippen LogP contribution is 2.33. The highest BCUT2D eigenvalue weighted by atomic mass is 16.2. The molecule has 2 N–H and O–H groups in total. The molecule has 7 nitrogen and oxygen atoms in total. The molecule has 3 aromatic rings. The molecule has 1 heterocycles. The quantitative estimate of drug-likeness (QED) is 0.631. The highest BCUT2D eigenvalue weighted by Gasteiger charge is 2.33. The number of nitrogens with zero attached hydrogens (tertiary/aromatic N) is 2. The number of nitrogens with one attached hydrogen (secondary N) is 2. The van der Waals surface area contributed by atoms with Crippen molar-refractivity contribution in [1.29, 1.82) is 0 Å². The number of hydrogen-bond donors (Lipinski definition) is 2. The molecule has 3 aromatic carbocycles. The predicted molar refractivity (Wildman–Crippen MR) is 125 cm³/mol. The normalized spacial score (nSPS) is 12.8. The maximum Gasteiger partial charge on any atom is 0.326 e. The van der Waals surface area contributed by atoms with Crippen molar-refractivity contribution in [2.45, 2.75) is 6.42 Å². The monoisotopic (exact) mass is 428 g/mol. The summed E-state index contributed by atoms with van der Waals surface area (Å²) in [7, 11) is 0. The highest BCUT2D eigenvalue weighted by molar-refractivity contribution is 6.14. The first-order chi connectivity index (χ1) is 15.6. The van der Waals surface area contributed by atoms with Gasteiger partial charge in [0.2, 0.25) is 11.8 Å². The summed E-state index contributed by atoms with van der Waals surface area (Å²) >= 11 is 0. The van der Waals surface area contributed by atoms with Gasteiger partial charge in [-0.15, -0.1) is 0 Å². The second-order valence-electron chi connectivity index (χ2n) is 7.44. The molecule has 1 aliphatic rings. The van der Waals surface area contributed by atoms with Gasteiger partial charge in [0.1, 0.15) is 13.1 Å². The Bertz CT molecular complexity index is 1100. The third-order valence-electron chi connectivity index (χ3n) is 5.21. The molecule has 4 amide bonds. The fraction of sp³-hybridized carbons (Fsp3) is 0.160. The van der Waals surface area contributed by atoms with E-state index >= 15 is 0 Å². The van der Waals surface area contributed by atoms with Gasteiger partial charge >= 0.3 is 6.03 Å². The van der Waals surface area contributed by atoms with Crippen molar-refractivity contribution >= 4 is 34.9 Å². The topological polar surface area (TPSA) is 81.8 Å². The Morgan fingerprint density at radius 2 is 1.44 bits per heavy atom. The average molecular weight is 428 g/mol. The zero-order chi connectivity index (χ0) is 22.3. The van der Waals surface area contributed by atoms with Crippen LogP contribution in [0, 0.1) is 0 Å². The van der Waals surface area contributed by atoms with E-state index in [9.17, 15) is 14.4 Å². The molecular weight excluding hydrogens is 404 g/mol. The van der Waals surface area contributed by atoms with Crippen LogP contribution in [0.1, 0.15) is 5.56 Å². The van der Waals surface area contributed by atoms with E-state index in [4.69, 9.17) is 0 Å². The second-order valence-corrected chi connectivity index (χ2v) is 7.44. The minimum Gasteiger partial charge on any atom is -0.354 e. The molecule has 7 heteroatoms. The fourth-order valence-corrected chi connectivity index (χ4v) is 3.62. The van der Waals surface area contributed by atoms with Crippen molar-refractivity contribution in [2.24, 2.45) is 0 Å². The van der Waals surface area contributed by atoms with E-state index in [0.717, 1.165) is 5.56 Å². The Balaban J connectivity index is 1.43. The minimum atomic E-state index is -0.399. The van der Waals surface area contributed by atoms with Crippen molar-refractivity contribution in [3.05, 3.63) is 90.5 Å². The molecule has 0 bridgehead atoms. The van der Waals surface area contributed by atoms with Gasteiger partial charge in [0.05, 0.1) is 11.4 Å². The standard InChI is InChI=1S/C25H24N4O3/c30-23(26-16-15-19-9-3-1-4-10-19)17-28-21-13-7-8-14-22(21)29(18-24(28)31)25(32)27-20-11-5-2-6-12-20/h1-14H,15-18H2,(H,26,30)(H,27,32). The van der Waals surface area contributed by atoms with Crippen LogP contribution in [0.5, 0.6) is 0 Å². The van der Waals surface area contributed by atoms with Crippen LogP contribution in [0.4, 0.5) is 21.9 Å². The fourth-order valence-electron chi connectivity index (χ4n) is 3.62. The molecule has 4 rings (SSSR count). The van der Waals surface area contributed by atoms with Crippen LogP contribution in [-0.4, -0.2) is 37.5 Å². The zero-order valence-corrected chi connectivity index (χ0v) is 17.5. The van der Waals surface area contributed by atoms with E-state index in [2.05, 4.69) is 10.6 Å². The number of para-hydroxylation sites is 3. The zero-order valence-electron chi connectivity index (χ0n) is 17.5. The van der Waals surface area contributed by atoms with Gasteiger partial charge in [-0.2, -0.15) is 0 Å². The molecule has 0 saturated carbocycles. The SMILES string of the molecule is O=C(CN1C(=O)CN(C(=O)Nc2ccccc2)c2ccccc21)NCCc1ccccc1. The Kier molecular flexibility index (Phi) is 6.46. The molecule has 1 aliphatic heterocycles. The number of hydrogen-bond acceptors (Lipinski definition) is 3. The van der Waals surface area contributed by atoms with Gasteiger partial charge in [-0.05, 0) is 36.2 Å². The lowest BCUT2D eigenvalue weighted by atomic mass is 10.1. The summed E-state index contributed by atoms with van der Waals surface area (Å²) in [4.78, 5) is 41.1. The van der Waals surface area contributed by atoms with Crippen molar-refractivity contribution in [3.8, 4) is 0 Å². The lowest BCUT2D eigenvalue weighted by molar-refractivity contribution is -0.123. The van der Waals surface area contributed by atoms with E-state index in [0.29, 0.717) is 30.0 Å². The number of anilines is 3. The Morgan fingerprint density at radius 3 is 2.16 bits per heavy atom. The number of urea groups is 1. The van der Waals surface area contributed by atoms with Crippen molar-refractivity contribution in [1.82, 2.24) is 5.32 Å². The van der Waals surface area contributed by atoms with Crippen LogP contribution >= 0.6 is 0 Å². The van der Waals surface area contributed by atoms with E-state index in [1.54, 1.807) is 36.4 Å². The van der Waals surface area contributed by atoms with Crippen LogP contribution in [-0.2, 0) is 16.0 Å². The number of fused-ring (bicyclic) bond motifs is 1. The number of amides is 4. The van der Waals surface area contributed by atoms with E-state index in [1.165, 1.54) is 9.80 Å². The molecule has 0 aliphatic carbocycles. The summed E-state index contributed by atoms with van der Waals surface area (Å²) in [6.07, 6.45) is 0.713. The molecule has 0 unspecified atom stereocenters. The Labute approximate surface area is 186 Å². The smallest absolute Gasteiger partial charge is 0.326 e. The van der Waals surface area contributed by atoms with Crippen molar-refractivity contribution in [2.75, 3.05) is 34.8 Å². The molecule has 0 fully saturated rings. The van der Waals surface area contributed by atoms with Crippen LogP contribution in [0.25, 0.3) is 0 Å². The summed E-state index contributed by atoms with van der Waals surface area (Å²) in [5, 5.41) is 5.68. The molecule has 0 radical (unpaired) electrons. The lowest BCUT2D eigenvalue weighted by Crippen LogP contribution is -2.52. The summed E-state index contributed by atoms with van der Waals surface area (Å²) in [5.41, 5.74) is 2.89. The maximum atomic E-state index is 12.9.